The maximum atomic E-state index is 15.1. The molecule has 4 aromatic carbocycles. The first-order chi connectivity index (χ1) is 33.6. The highest BCUT2D eigenvalue weighted by Gasteiger charge is 2.63. The summed E-state index contributed by atoms with van der Waals surface area (Å²) in [6, 6.07) is 23.2. The Hall–Kier alpha value is -5.47. The van der Waals surface area contributed by atoms with Crippen molar-refractivity contribution < 1.29 is 65.2 Å². The molecular formula is C52H58B3BrF2N2O12. The standard InChI is InChI=1S/C23H23BFNO5.C17H11BrFNO3.C12H24B2O4/c1-22(2)23(3,4)31-24(30-22)16-8-9-17-14(12-16)6-10-18(20(17)25)29-19-11-7-15(13-26-19)21(27)28-5;1-22-17(21)11-3-7-15(20-9-11)23-14-6-2-10-8-12(18)4-5-13(10)16(14)19;1-9(2)10(3,4)16-13(15-9)14-17-11(5,6)12(7,8)18-14/h6-13H,1-5H3;2-9H,1H3;1-8H3. The maximum absolute atomic E-state index is 15.1. The molecule has 0 atom stereocenters. The van der Waals surface area contributed by atoms with Crippen molar-refractivity contribution in [3.63, 3.8) is 0 Å². The Bertz CT molecular complexity index is 2900. The van der Waals surface area contributed by atoms with Gasteiger partial charge in [-0.25, -0.2) is 28.3 Å². The van der Waals surface area contributed by atoms with Crippen LogP contribution < -0.4 is 14.9 Å². The van der Waals surface area contributed by atoms with Crippen LogP contribution in [0.1, 0.15) is 104 Å². The van der Waals surface area contributed by atoms with E-state index in [1.165, 1.54) is 50.9 Å². The number of fused-ring (bicyclic) bond motifs is 2. The summed E-state index contributed by atoms with van der Waals surface area (Å²) in [7, 11) is 1.10. The Kier molecular flexibility index (Phi) is 15.4. The molecule has 0 amide bonds. The van der Waals surface area contributed by atoms with Gasteiger partial charge in [-0.2, -0.15) is 0 Å². The summed E-state index contributed by atoms with van der Waals surface area (Å²) in [6.07, 6.45) is 2.63. The summed E-state index contributed by atoms with van der Waals surface area (Å²) < 4.78 is 86.8. The summed E-state index contributed by atoms with van der Waals surface area (Å²) in [5.74, 6) is -1.51. The molecule has 9 rings (SSSR count). The van der Waals surface area contributed by atoms with E-state index in [-0.39, 0.29) is 51.2 Å². The molecule has 6 aromatic rings. The third kappa shape index (κ3) is 11.3. The number of hydrogen-bond donors (Lipinski definition) is 0. The fourth-order valence-electron chi connectivity index (χ4n) is 7.40. The number of pyridine rings is 2. The van der Waals surface area contributed by atoms with E-state index < -0.39 is 55.9 Å². The predicted molar refractivity (Wildman–Crippen MR) is 275 cm³/mol. The molecule has 0 spiro atoms. The molecule has 3 aliphatic rings. The molecule has 0 N–H and O–H groups in total. The molecule has 3 saturated heterocycles. The smallest absolute Gasteiger partial charge is 0.465 e. The molecule has 3 aliphatic heterocycles. The molecule has 3 fully saturated rings. The van der Waals surface area contributed by atoms with Crippen molar-refractivity contribution in [2.45, 2.75) is 117 Å². The van der Waals surface area contributed by atoms with Crippen LogP contribution in [0.4, 0.5) is 8.78 Å². The van der Waals surface area contributed by atoms with Crippen LogP contribution in [0.3, 0.4) is 0 Å². The van der Waals surface area contributed by atoms with E-state index in [1.807, 2.05) is 95.2 Å². The van der Waals surface area contributed by atoms with E-state index in [1.54, 1.807) is 48.5 Å². The molecular weight excluding hydrogens is 995 g/mol. The number of halogens is 3. The van der Waals surface area contributed by atoms with Crippen molar-refractivity contribution in [3.8, 4) is 23.3 Å². The molecule has 378 valence electrons. The average molecular weight is 1050 g/mol. The lowest BCUT2D eigenvalue weighted by molar-refractivity contribution is 0.00578. The SMILES string of the molecule is CC1(C)OB(B2OC(C)(C)C(C)(C)O2)OC1(C)C.COC(=O)c1ccc(Oc2ccc3cc(B4OC(C)(C)C(C)(C)O4)ccc3c2F)nc1.COC(=O)c1ccc(Oc2ccc3cc(Br)ccc3c2F)nc1. The lowest BCUT2D eigenvalue weighted by Crippen LogP contribution is -2.41. The van der Waals surface area contributed by atoms with Gasteiger partial charge in [0.15, 0.2) is 23.1 Å². The number of carbonyl (C=O) groups is 2. The fraction of sp³-hybridized carbons (Fsp3) is 0.385. The first-order valence-electron chi connectivity index (χ1n) is 23.2. The molecule has 0 saturated carbocycles. The molecule has 5 heterocycles. The number of hydrogen-bond acceptors (Lipinski definition) is 14. The molecule has 20 heteroatoms. The van der Waals surface area contributed by atoms with Crippen molar-refractivity contribution in [3.05, 3.63) is 125 Å². The number of benzene rings is 4. The van der Waals surface area contributed by atoms with Crippen molar-refractivity contribution in [1.82, 2.24) is 9.97 Å². The van der Waals surface area contributed by atoms with Crippen molar-refractivity contribution >= 4 is 76.0 Å². The molecule has 0 aliphatic carbocycles. The fourth-order valence-corrected chi connectivity index (χ4v) is 7.78. The first kappa shape index (κ1) is 54.3. The van der Waals surface area contributed by atoms with Gasteiger partial charge in [0.05, 0.1) is 59.0 Å². The Morgan fingerprint density at radius 1 is 0.500 bits per heavy atom. The van der Waals surface area contributed by atoms with Gasteiger partial charge in [0.25, 0.3) is 0 Å². The summed E-state index contributed by atoms with van der Waals surface area (Å²) in [5, 5.41) is 2.32. The third-order valence-electron chi connectivity index (χ3n) is 13.9. The van der Waals surface area contributed by atoms with E-state index in [0.29, 0.717) is 21.7 Å². The number of nitrogens with zero attached hydrogens (tertiary/aromatic N) is 2. The van der Waals surface area contributed by atoms with Gasteiger partial charge in [0, 0.05) is 39.8 Å². The van der Waals surface area contributed by atoms with Gasteiger partial charge in [0.1, 0.15) is 0 Å². The van der Waals surface area contributed by atoms with Gasteiger partial charge in [-0.15, -0.1) is 0 Å². The minimum absolute atomic E-state index is 0.0363. The third-order valence-corrected chi connectivity index (χ3v) is 14.4. The van der Waals surface area contributed by atoms with Crippen molar-refractivity contribution in [2.24, 2.45) is 0 Å². The maximum Gasteiger partial charge on any atom is 0.494 e. The van der Waals surface area contributed by atoms with Crippen LogP contribution in [-0.4, -0.2) is 90.9 Å². The van der Waals surface area contributed by atoms with Gasteiger partial charge < -0.3 is 46.9 Å². The van der Waals surface area contributed by atoms with E-state index in [0.717, 1.165) is 15.3 Å². The number of aromatic nitrogens is 2. The zero-order valence-electron chi connectivity index (χ0n) is 42.9. The molecule has 2 aromatic heterocycles. The van der Waals surface area contributed by atoms with Gasteiger partial charge in [-0.3, -0.25) is 0 Å². The molecule has 0 radical (unpaired) electrons. The lowest BCUT2D eigenvalue weighted by atomic mass is 9.49. The number of ether oxygens (including phenoxy) is 4. The molecule has 14 nitrogen and oxygen atoms in total. The van der Waals surface area contributed by atoms with E-state index in [4.69, 9.17) is 37.4 Å². The lowest BCUT2D eigenvalue weighted by Gasteiger charge is -2.32. The van der Waals surface area contributed by atoms with Crippen molar-refractivity contribution in [2.75, 3.05) is 14.2 Å². The van der Waals surface area contributed by atoms with Crippen LogP contribution >= 0.6 is 15.9 Å². The van der Waals surface area contributed by atoms with Crippen LogP contribution in [0.2, 0.25) is 0 Å². The molecule has 0 unspecified atom stereocenters. The van der Waals surface area contributed by atoms with Gasteiger partial charge in [-0.1, -0.05) is 52.3 Å². The first-order valence-corrected chi connectivity index (χ1v) is 24.0. The monoisotopic (exact) mass is 1050 g/mol. The number of methoxy groups -OCH3 is 2. The Balaban J connectivity index is 0.000000165. The summed E-state index contributed by atoms with van der Waals surface area (Å²) in [5.41, 5.74) is -0.949. The Morgan fingerprint density at radius 3 is 1.25 bits per heavy atom. The van der Waals surface area contributed by atoms with Crippen LogP contribution in [0.5, 0.6) is 23.3 Å². The van der Waals surface area contributed by atoms with E-state index >= 15 is 4.39 Å². The van der Waals surface area contributed by atoms with Gasteiger partial charge in [-0.05, 0) is 136 Å². The second-order valence-corrected chi connectivity index (χ2v) is 21.3. The molecule has 0 bridgehead atoms. The highest BCUT2D eigenvalue weighted by atomic mass is 79.9. The van der Waals surface area contributed by atoms with Crippen LogP contribution in [0, 0.1) is 11.6 Å². The van der Waals surface area contributed by atoms with Crippen LogP contribution in [0.25, 0.3) is 21.5 Å². The van der Waals surface area contributed by atoms with Crippen molar-refractivity contribution in [1.29, 1.82) is 0 Å². The average Bonchev–Trinajstić information content (AvgIpc) is 3.80. The summed E-state index contributed by atoms with van der Waals surface area (Å²) in [6.45, 7) is 24.2. The zero-order valence-corrected chi connectivity index (χ0v) is 44.5. The molecule has 72 heavy (non-hydrogen) atoms. The second kappa shape index (κ2) is 20.4. The number of rotatable bonds is 8. The normalized spacial score (nSPS) is 18.7. The predicted octanol–water partition coefficient (Wildman–Crippen LogP) is 11.2. The zero-order chi connectivity index (χ0) is 52.8. The highest BCUT2D eigenvalue weighted by Crippen LogP contribution is 2.43. The number of carbonyl (C=O) groups excluding carboxylic acids is 2. The minimum atomic E-state index is -0.522. The van der Waals surface area contributed by atoms with Crippen LogP contribution in [-0.2, 0) is 37.4 Å². The Labute approximate surface area is 428 Å². The topological polar surface area (TPSA) is 152 Å². The minimum Gasteiger partial charge on any atom is -0.465 e. The Morgan fingerprint density at radius 2 is 0.875 bits per heavy atom. The van der Waals surface area contributed by atoms with E-state index in [9.17, 15) is 14.0 Å². The van der Waals surface area contributed by atoms with Gasteiger partial charge >= 0.3 is 33.1 Å². The quantitative estimate of drug-likeness (QED) is 0.105. The van der Waals surface area contributed by atoms with Gasteiger partial charge in [0.2, 0.25) is 11.8 Å². The largest absolute Gasteiger partial charge is 0.494 e. The number of esters is 2. The highest BCUT2D eigenvalue weighted by molar-refractivity contribution is 9.10. The van der Waals surface area contributed by atoms with Crippen LogP contribution in [0.15, 0.2) is 102 Å². The van der Waals surface area contributed by atoms with E-state index in [2.05, 4.69) is 35.4 Å². The second-order valence-electron chi connectivity index (χ2n) is 20.4. The summed E-state index contributed by atoms with van der Waals surface area (Å²) in [4.78, 5) is 30.9. The summed E-state index contributed by atoms with van der Waals surface area (Å²) >= 11 is 3.35.